The first-order valence-corrected chi connectivity index (χ1v) is 22.7. The maximum Gasteiger partial charge on any atom is 0.311 e. The number of hydrogen-bond acceptors (Lipinski definition) is 9. The van der Waals surface area contributed by atoms with Crippen molar-refractivity contribution >= 4 is 23.6 Å². The predicted molar refractivity (Wildman–Crippen MR) is 250 cm³/mol. The fourth-order valence-corrected chi connectivity index (χ4v) is 8.72. The molecule has 0 bridgehead atoms. The summed E-state index contributed by atoms with van der Waals surface area (Å²) in [4.78, 5) is 43.5. The molecule has 336 valence electrons. The fourth-order valence-electron chi connectivity index (χ4n) is 8.72. The average Bonchev–Trinajstić information content (AvgIpc) is 3.61. The number of esters is 3. The molecule has 1 aliphatic rings. The molecular weight excluding hydrogens is 791 g/mol. The summed E-state index contributed by atoms with van der Waals surface area (Å²) in [7, 11) is 1.68. The fraction of sp³-hybridized carbons (Fsp3) is 0.444. The van der Waals surface area contributed by atoms with Crippen molar-refractivity contribution in [2.45, 2.75) is 143 Å². The van der Waals surface area contributed by atoms with Gasteiger partial charge in [0, 0.05) is 30.6 Å². The number of oxime groups is 1. The second-order valence-electron chi connectivity index (χ2n) is 17.5. The van der Waals surface area contributed by atoms with Gasteiger partial charge in [0.05, 0.1) is 18.2 Å². The Morgan fingerprint density at radius 3 is 1.56 bits per heavy atom. The second-order valence-corrected chi connectivity index (χ2v) is 17.5. The van der Waals surface area contributed by atoms with E-state index >= 15 is 0 Å². The Labute approximate surface area is 375 Å². The molecule has 63 heavy (non-hydrogen) atoms. The molecule has 0 N–H and O–H groups in total. The lowest BCUT2D eigenvalue weighted by molar-refractivity contribution is -0.136. The van der Waals surface area contributed by atoms with E-state index in [4.69, 9.17) is 28.9 Å². The highest BCUT2D eigenvalue weighted by atomic mass is 16.6. The number of ether oxygens (including phenoxy) is 4. The van der Waals surface area contributed by atoms with Crippen LogP contribution in [0.1, 0.15) is 148 Å². The summed E-state index contributed by atoms with van der Waals surface area (Å²) in [6, 6.07) is 31.1. The lowest BCUT2D eigenvalue weighted by Crippen LogP contribution is -2.48. The Morgan fingerprint density at radius 2 is 1.13 bits per heavy atom. The first kappa shape index (κ1) is 48.3. The van der Waals surface area contributed by atoms with Gasteiger partial charge in [-0.1, -0.05) is 120 Å². The van der Waals surface area contributed by atoms with Crippen molar-refractivity contribution in [3.8, 4) is 23.0 Å². The number of methoxy groups -OCH3 is 1. The van der Waals surface area contributed by atoms with Gasteiger partial charge in [-0.2, -0.15) is 0 Å². The highest BCUT2D eigenvalue weighted by Gasteiger charge is 2.54. The van der Waals surface area contributed by atoms with Crippen molar-refractivity contribution < 1.29 is 38.2 Å². The number of carbonyl (C=O) groups excluding carboxylic acids is 3. The van der Waals surface area contributed by atoms with E-state index < -0.39 is 5.41 Å². The van der Waals surface area contributed by atoms with Crippen molar-refractivity contribution in [2.75, 3.05) is 7.11 Å². The van der Waals surface area contributed by atoms with Crippen LogP contribution >= 0.6 is 0 Å². The zero-order valence-corrected chi connectivity index (χ0v) is 38.9. The van der Waals surface area contributed by atoms with Crippen LogP contribution < -0.4 is 18.9 Å². The Hall–Kier alpha value is -5.70. The van der Waals surface area contributed by atoms with Crippen LogP contribution in [0.25, 0.3) is 0 Å². The van der Waals surface area contributed by atoms with E-state index in [1.165, 1.54) is 12.5 Å². The smallest absolute Gasteiger partial charge is 0.311 e. The third kappa shape index (κ3) is 11.9. The van der Waals surface area contributed by atoms with Gasteiger partial charge in [-0.05, 0) is 123 Å². The number of nitrogens with zero attached hydrogens (tertiary/aromatic N) is 1. The van der Waals surface area contributed by atoms with Gasteiger partial charge in [0.1, 0.15) is 29.1 Å². The summed E-state index contributed by atoms with van der Waals surface area (Å²) in [5, 5.41) is 5.00. The summed E-state index contributed by atoms with van der Waals surface area (Å²) in [5.41, 5.74) is 5.43. The molecule has 9 nitrogen and oxygen atoms in total. The van der Waals surface area contributed by atoms with Crippen LogP contribution in [0.5, 0.6) is 23.0 Å². The van der Waals surface area contributed by atoms with E-state index in [1.807, 2.05) is 48.5 Å². The maximum absolute atomic E-state index is 13.0. The number of unbranched alkanes of at least 4 members (excludes halogenated alkanes) is 2. The van der Waals surface area contributed by atoms with Gasteiger partial charge >= 0.3 is 17.9 Å². The molecule has 0 aliphatic carbocycles. The Morgan fingerprint density at radius 1 is 0.667 bits per heavy atom. The molecule has 0 spiro atoms. The zero-order chi connectivity index (χ0) is 45.6. The number of benzene rings is 4. The van der Waals surface area contributed by atoms with Gasteiger partial charge in [-0.15, -0.1) is 0 Å². The highest BCUT2D eigenvalue weighted by molar-refractivity contribution is 6.03. The highest BCUT2D eigenvalue weighted by Crippen LogP contribution is 2.51. The van der Waals surface area contributed by atoms with E-state index in [2.05, 4.69) is 78.8 Å². The molecule has 1 heterocycles. The molecule has 1 aliphatic heterocycles. The lowest BCUT2D eigenvalue weighted by Gasteiger charge is -2.42. The first-order chi connectivity index (χ1) is 30.2. The minimum atomic E-state index is -0.590. The van der Waals surface area contributed by atoms with Gasteiger partial charge in [-0.25, -0.2) is 0 Å². The standard InChI is InChI=1S/C54H67NO8/c1-10-13-37-54(42-24-28-44(59-9)29-25-42,51-53(8,12-3)48(63-55-51)36-19-38(4)16-11-2)43-26-34-47(35-27-43)62-50(58)18-15-14-17-49(57)61-46-32-22-41(23-33-46)52(6,7)40-20-30-45(31-21-40)60-39(5)56/h16,20-35,48H,10-15,17-19,36-37H2,1-9H3/b38-16-. The SMILES string of the molecule is CC/C=C(/C)CCC1ON=C(C(CCCC)(c2ccc(OC)cc2)c2ccc(OC(=O)CCCCC(=O)Oc3ccc(C(C)(C)c4ccc(OC(C)=O)cc4)cc3)cc2)C1(C)CC. The van der Waals surface area contributed by atoms with Gasteiger partial charge < -0.3 is 23.8 Å². The second kappa shape index (κ2) is 22.1. The molecule has 0 saturated heterocycles. The first-order valence-electron chi connectivity index (χ1n) is 22.7. The molecule has 9 heteroatoms. The Balaban J connectivity index is 1.21. The third-order valence-electron chi connectivity index (χ3n) is 12.7. The molecule has 4 aromatic carbocycles. The quantitative estimate of drug-likeness (QED) is 0.0333. The van der Waals surface area contributed by atoms with Crippen LogP contribution in [0.15, 0.2) is 114 Å². The summed E-state index contributed by atoms with van der Waals surface area (Å²) < 4.78 is 22.2. The molecule has 0 fully saturated rings. The molecule has 0 aromatic heterocycles. The van der Waals surface area contributed by atoms with Crippen molar-refractivity contribution in [1.82, 2.24) is 0 Å². The topological polar surface area (TPSA) is 110 Å². The molecule has 0 amide bonds. The van der Waals surface area contributed by atoms with Crippen molar-refractivity contribution in [3.05, 3.63) is 131 Å². The van der Waals surface area contributed by atoms with Crippen molar-refractivity contribution in [1.29, 1.82) is 0 Å². The predicted octanol–water partition coefficient (Wildman–Crippen LogP) is 12.8. The van der Waals surface area contributed by atoms with Crippen molar-refractivity contribution in [3.63, 3.8) is 0 Å². The largest absolute Gasteiger partial charge is 0.497 e. The monoisotopic (exact) mass is 857 g/mol. The van der Waals surface area contributed by atoms with E-state index in [0.29, 0.717) is 30.1 Å². The summed E-state index contributed by atoms with van der Waals surface area (Å²) in [6.45, 7) is 16.7. The molecule has 0 saturated carbocycles. The molecule has 0 radical (unpaired) electrons. The summed E-state index contributed by atoms with van der Waals surface area (Å²) >= 11 is 0. The van der Waals surface area contributed by atoms with Crippen LogP contribution in [-0.2, 0) is 30.1 Å². The average molecular weight is 858 g/mol. The van der Waals surface area contributed by atoms with Gasteiger partial charge in [-0.3, -0.25) is 14.4 Å². The van der Waals surface area contributed by atoms with Crippen LogP contribution in [0.4, 0.5) is 0 Å². The lowest BCUT2D eigenvalue weighted by atomic mass is 9.59. The van der Waals surface area contributed by atoms with Crippen LogP contribution in [0.2, 0.25) is 0 Å². The van der Waals surface area contributed by atoms with E-state index in [-0.39, 0.29) is 47.7 Å². The molecule has 3 atom stereocenters. The molecule has 4 aromatic rings. The summed E-state index contributed by atoms with van der Waals surface area (Å²) in [5.74, 6) is 1.13. The molecular formula is C54H67NO8. The van der Waals surface area contributed by atoms with E-state index in [1.54, 1.807) is 31.4 Å². The van der Waals surface area contributed by atoms with Crippen LogP contribution in [0.3, 0.4) is 0 Å². The number of hydrogen-bond donors (Lipinski definition) is 0. The minimum Gasteiger partial charge on any atom is -0.497 e. The minimum absolute atomic E-state index is 0.0590. The third-order valence-corrected chi connectivity index (χ3v) is 12.7. The van der Waals surface area contributed by atoms with Gasteiger partial charge in [0.15, 0.2) is 0 Å². The van der Waals surface area contributed by atoms with Gasteiger partial charge in [0.25, 0.3) is 0 Å². The normalized spacial score (nSPS) is 17.3. The van der Waals surface area contributed by atoms with Crippen molar-refractivity contribution in [2.24, 2.45) is 10.6 Å². The van der Waals surface area contributed by atoms with Gasteiger partial charge in [0.2, 0.25) is 0 Å². The van der Waals surface area contributed by atoms with Crippen LogP contribution in [0, 0.1) is 5.41 Å². The number of rotatable bonds is 22. The number of allylic oxidation sites excluding steroid dienone is 2. The molecule has 3 unspecified atom stereocenters. The zero-order valence-electron chi connectivity index (χ0n) is 38.9. The van der Waals surface area contributed by atoms with E-state index in [0.717, 1.165) is 78.7 Å². The Bertz CT molecular complexity index is 2190. The van der Waals surface area contributed by atoms with E-state index in [9.17, 15) is 14.4 Å². The van der Waals surface area contributed by atoms with Crippen LogP contribution in [-0.4, -0.2) is 36.8 Å². The number of carbonyl (C=O) groups is 3. The Kier molecular flexibility index (Phi) is 16.9. The molecule has 5 rings (SSSR count). The summed E-state index contributed by atoms with van der Waals surface area (Å²) in [6.07, 6.45) is 10.1. The maximum atomic E-state index is 13.0.